The molecule has 0 radical (unpaired) electrons. The maximum Gasteiger partial charge on any atom is 0.143 e. The zero-order valence-corrected chi connectivity index (χ0v) is 18.0. The highest BCUT2D eigenvalue weighted by Crippen LogP contribution is 2.27. The maximum atomic E-state index is 9.43. The van der Waals surface area contributed by atoms with Crippen molar-refractivity contribution in [1.82, 2.24) is 0 Å². The Morgan fingerprint density at radius 2 is 1.53 bits per heavy atom. The van der Waals surface area contributed by atoms with Crippen molar-refractivity contribution in [3.8, 4) is 5.75 Å². The van der Waals surface area contributed by atoms with E-state index in [0.717, 1.165) is 55.4 Å². The second-order valence-electron chi connectivity index (χ2n) is 7.33. The fourth-order valence-corrected chi connectivity index (χ4v) is 3.21. The summed E-state index contributed by atoms with van der Waals surface area (Å²) < 4.78 is 11.2. The number of ether oxygens (including phenoxy) is 2. The van der Waals surface area contributed by atoms with Gasteiger partial charge in [0.1, 0.15) is 17.6 Å². The molecule has 162 valence electrons. The Kier molecular flexibility index (Phi) is 10.8. The molecule has 4 nitrogen and oxygen atoms in total. The first kappa shape index (κ1) is 23.7. The van der Waals surface area contributed by atoms with Gasteiger partial charge in [-0.1, -0.05) is 62.9 Å². The van der Waals surface area contributed by atoms with Crippen LogP contribution in [0.1, 0.15) is 61.8 Å². The van der Waals surface area contributed by atoms with Crippen LogP contribution in [-0.4, -0.2) is 18.5 Å². The molecule has 1 atom stereocenters. The first-order valence-electron chi connectivity index (χ1n) is 10.7. The molecule has 0 aliphatic carbocycles. The second-order valence-corrected chi connectivity index (χ2v) is 7.33. The van der Waals surface area contributed by atoms with Crippen LogP contribution in [0.4, 0.5) is 0 Å². The summed E-state index contributed by atoms with van der Waals surface area (Å²) in [7, 11) is 0. The zero-order valence-electron chi connectivity index (χ0n) is 18.0. The van der Waals surface area contributed by atoms with Crippen LogP contribution in [0.25, 0.3) is 0 Å². The minimum atomic E-state index is -0.505. The van der Waals surface area contributed by atoms with Gasteiger partial charge in [0.05, 0.1) is 13.2 Å². The van der Waals surface area contributed by atoms with Gasteiger partial charge in [-0.25, -0.2) is 4.89 Å². The van der Waals surface area contributed by atoms with Gasteiger partial charge in [-0.05, 0) is 67.0 Å². The highest BCUT2D eigenvalue weighted by molar-refractivity contribution is 5.35. The fraction of sp³-hybridized carbons (Fsp3) is 0.385. The summed E-state index contributed by atoms with van der Waals surface area (Å²) in [6, 6.07) is 15.9. The molecule has 1 unspecified atom stereocenters. The van der Waals surface area contributed by atoms with Crippen molar-refractivity contribution in [3.63, 3.8) is 0 Å². The second kappa shape index (κ2) is 13.6. The average Bonchev–Trinajstić information content (AvgIpc) is 2.78. The van der Waals surface area contributed by atoms with E-state index in [0.29, 0.717) is 19.0 Å². The Balaban J connectivity index is 1.74. The summed E-state index contributed by atoms with van der Waals surface area (Å²) in [6.07, 6.45) is 7.47. The lowest BCUT2D eigenvalue weighted by Crippen LogP contribution is -2.04. The molecule has 30 heavy (non-hydrogen) atoms. The van der Waals surface area contributed by atoms with E-state index in [-0.39, 0.29) is 0 Å². The van der Waals surface area contributed by atoms with Gasteiger partial charge in [0.25, 0.3) is 0 Å². The Morgan fingerprint density at radius 3 is 2.10 bits per heavy atom. The molecular weight excluding hydrogens is 376 g/mol. The Labute approximate surface area is 180 Å². The first-order chi connectivity index (χ1) is 14.7. The monoisotopic (exact) mass is 410 g/mol. The van der Waals surface area contributed by atoms with E-state index in [9.17, 15) is 5.26 Å². The molecule has 1 N–H and O–H groups in total. The number of aryl methyl sites for hydroxylation is 1. The summed E-state index contributed by atoms with van der Waals surface area (Å²) in [5.41, 5.74) is 3.09. The lowest BCUT2D eigenvalue weighted by molar-refractivity contribution is -0.270. The third-order valence-corrected chi connectivity index (χ3v) is 4.93. The third-order valence-electron chi connectivity index (χ3n) is 4.93. The van der Waals surface area contributed by atoms with Crippen molar-refractivity contribution in [2.24, 2.45) is 0 Å². The maximum absolute atomic E-state index is 9.43. The minimum Gasteiger partial charge on any atom is -0.494 e. The molecule has 2 aromatic carbocycles. The first-order valence-corrected chi connectivity index (χ1v) is 10.7. The van der Waals surface area contributed by atoms with E-state index in [4.69, 9.17) is 14.4 Å². The quantitative estimate of drug-likeness (QED) is 0.114. The van der Waals surface area contributed by atoms with Crippen molar-refractivity contribution in [3.05, 3.63) is 90.2 Å². The van der Waals surface area contributed by atoms with E-state index in [1.165, 1.54) is 5.56 Å². The lowest BCUT2D eigenvalue weighted by atomic mass is 9.99. The predicted molar refractivity (Wildman–Crippen MR) is 122 cm³/mol. The van der Waals surface area contributed by atoms with E-state index in [1.54, 1.807) is 6.08 Å². The minimum absolute atomic E-state index is 0.505. The topological polar surface area (TPSA) is 47.9 Å². The fourth-order valence-electron chi connectivity index (χ4n) is 3.21. The highest BCUT2D eigenvalue weighted by Gasteiger charge is 2.15. The molecule has 0 amide bonds. The summed E-state index contributed by atoms with van der Waals surface area (Å²) in [4.78, 5) is 4.77. The van der Waals surface area contributed by atoms with Crippen LogP contribution in [-0.2, 0) is 16.0 Å². The molecule has 2 rings (SSSR count). The Hall–Kier alpha value is -2.56. The molecule has 2 aromatic rings. The van der Waals surface area contributed by atoms with Gasteiger partial charge in [0.15, 0.2) is 0 Å². The van der Waals surface area contributed by atoms with Crippen LogP contribution in [0.5, 0.6) is 5.75 Å². The van der Waals surface area contributed by atoms with Crippen molar-refractivity contribution in [1.29, 1.82) is 0 Å². The van der Waals surface area contributed by atoms with Gasteiger partial charge < -0.3 is 9.47 Å². The number of benzene rings is 2. The number of allylic oxidation sites excluding steroid dienone is 1. The molecule has 0 fully saturated rings. The summed E-state index contributed by atoms with van der Waals surface area (Å²) in [5, 5.41) is 9.43. The molecule has 4 heteroatoms. The molecule has 0 saturated heterocycles. The lowest BCUT2D eigenvalue weighted by Gasteiger charge is -2.15. The number of hydrogen-bond acceptors (Lipinski definition) is 4. The van der Waals surface area contributed by atoms with Gasteiger partial charge in [-0.2, -0.15) is 0 Å². The number of rotatable bonds is 15. The zero-order chi connectivity index (χ0) is 21.6. The standard InChI is InChI=1S/C26H34O4/c1-4-10-22-11-13-23(14-12-22)26(30-27)24-15-17-25(18-16-24)29-20-9-7-6-8-19-28-21(3)5-2/h5,11-18,26-27H,2-4,6-10,19-20H2,1H3. The molecule has 0 aromatic heterocycles. The summed E-state index contributed by atoms with van der Waals surface area (Å²) in [6.45, 7) is 10.9. The van der Waals surface area contributed by atoms with Crippen molar-refractivity contribution >= 4 is 0 Å². The van der Waals surface area contributed by atoms with Gasteiger partial charge in [0.2, 0.25) is 0 Å². The summed E-state index contributed by atoms with van der Waals surface area (Å²) >= 11 is 0. The largest absolute Gasteiger partial charge is 0.494 e. The van der Waals surface area contributed by atoms with Crippen molar-refractivity contribution in [2.75, 3.05) is 13.2 Å². The molecule has 0 aliphatic rings. The van der Waals surface area contributed by atoms with E-state index >= 15 is 0 Å². The van der Waals surface area contributed by atoms with E-state index < -0.39 is 6.10 Å². The normalized spacial score (nSPS) is 11.7. The number of unbranched alkanes of at least 4 members (excludes halogenated alkanes) is 3. The molecule has 0 saturated carbocycles. The van der Waals surface area contributed by atoms with Gasteiger partial charge >= 0.3 is 0 Å². The van der Waals surface area contributed by atoms with Crippen molar-refractivity contribution in [2.45, 2.75) is 51.6 Å². The number of hydrogen-bond donors (Lipinski definition) is 1. The van der Waals surface area contributed by atoms with Gasteiger partial charge in [0, 0.05) is 0 Å². The molecule has 0 aliphatic heterocycles. The highest BCUT2D eigenvalue weighted by atomic mass is 17.1. The average molecular weight is 411 g/mol. The van der Waals surface area contributed by atoms with E-state index in [2.05, 4.69) is 32.2 Å². The van der Waals surface area contributed by atoms with Crippen LogP contribution in [0, 0.1) is 0 Å². The van der Waals surface area contributed by atoms with Crippen molar-refractivity contribution < 1.29 is 19.6 Å². The molecular formula is C26H34O4. The van der Waals surface area contributed by atoms with Gasteiger partial charge in [-0.3, -0.25) is 5.26 Å². The van der Waals surface area contributed by atoms with Crippen LogP contribution < -0.4 is 4.74 Å². The predicted octanol–water partition coefficient (Wildman–Crippen LogP) is 6.87. The van der Waals surface area contributed by atoms with Crippen LogP contribution in [0.3, 0.4) is 0 Å². The third kappa shape index (κ3) is 8.05. The molecule has 0 bridgehead atoms. The molecule has 0 spiro atoms. The smallest absolute Gasteiger partial charge is 0.143 e. The van der Waals surface area contributed by atoms with Crippen LogP contribution in [0.2, 0.25) is 0 Å². The van der Waals surface area contributed by atoms with Crippen LogP contribution >= 0.6 is 0 Å². The van der Waals surface area contributed by atoms with Crippen LogP contribution in [0.15, 0.2) is 73.5 Å². The van der Waals surface area contributed by atoms with E-state index in [1.807, 2.05) is 36.4 Å². The Bertz CT molecular complexity index is 750. The van der Waals surface area contributed by atoms with Gasteiger partial charge in [-0.15, -0.1) is 0 Å². The molecule has 0 heterocycles. The summed E-state index contributed by atoms with van der Waals surface area (Å²) in [5.74, 6) is 1.45. The SMILES string of the molecule is C=CC(=C)OCCCCCCOc1ccc(C(OO)c2ccc(CCC)cc2)cc1. The Morgan fingerprint density at radius 1 is 0.933 bits per heavy atom.